The van der Waals surface area contributed by atoms with E-state index in [0.717, 1.165) is 18.7 Å². The van der Waals surface area contributed by atoms with E-state index in [1.165, 1.54) is 4.31 Å². The van der Waals surface area contributed by atoms with Crippen molar-refractivity contribution in [3.05, 3.63) is 23.8 Å². The molecule has 0 aromatic heterocycles. The van der Waals surface area contributed by atoms with E-state index in [1.807, 2.05) is 26.0 Å². The van der Waals surface area contributed by atoms with Crippen molar-refractivity contribution in [2.24, 2.45) is 11.8 Å². The first-order chi connectivity index (χ1) is 10.9. The number of carbonyl (C=O) groups excluding carboxylic acids is 1. The van der Waals surface area contributed by atoms with Crippen molar-refractivity contribution in [1.82, 2.24) is 5.32 Å². The van der Waals surface area contributed by atoms with Crippen LogP contribution in [0.15, 0.2) is 18.2 Å². The molecule has 1 atom stereocenters. The summed E-state index contributed by atoms with van der Waals surface area (Å²) >= 11 is 0. The molecule has 2 saturated heterocycles. The van der Waals surface area contributed by atoms with E-state index in [1.54, 1.807) is 6.07 Å². The summed E-state index contributed by atoms with van der Waals surface area (Å²) < 4.78 is 25.7. The third-order valence-electron chi connectivity index (χ3n) is 4.78. The van der Waals surface area contributed by atoms with Gasteiger partial charge in [0.25, 0.3) is 0 Å². The molecule has 0 spiro atoms. The van der Waals surface area contributed by atoms with Crippen LogP contribution in [-0.2, 0) is 14.8 Å². The molecule has 1 unspecified atom stereocenters. The number of hydrogen-bond acceptors (Lipinski definition) is 4. The minimum absolute atomic E-state index is 0. The zero-order valence-electron chi connectivity index (χ0n) is 13.9. The van der Waals surface area contributed by atoms with Crippen molar-refractivity contribution in [3.63, 3.8) is 0 Å². The van der Waals surface area contributed by atoms with E-state index < -0.39 is 10.0 Å². The molecule has 8 heteroatoms. The molecule has 134 valence electrons. The monoisotopic (exact) mass is 373 g/mol. The summed E-state index contributed by atoms with van der Waals surface area (Å²) in [4.78, 5) is 12.3. The predicted molar refractivity (Wildman–Crippen MR) is 98.3 cm³/mol. The van der Waals surface area contributed by atoms with Gasteiger partial charge in [0, 0.05) is 18.2 Å². The average molecular weight is 374 g/mol. The molecular formula is C16H24ClN3O3S. The Bertz CT molecular complexity index is 719. The molecule has 6 nitrogen and oxygen atoms in total. The molecule has 0 aliphatic carbocycles. The number of hydrogen-bond donors (Lipinski definition) is 2. The van der Waals surface area contributed by atoms with Crippen LogP contribution in [0.4, 0.5) is 11.4 Å². The van der Waals surface area contributed by atoms with Gasteiger partial charge in [-0.3, -0.25) is 9.10 Å². The standard InChI is InChI=1S/C16H23N3O3S.ClH/c1-11-4-5-14(18-16(20)12(2)13-9-17-10-13)8-15(11)19-6-3-7-23(19,21)22;/h4-5,8,12-13,17H,3,6-7,9-10H2,1-2H3,(H,18,20);1H. The highest BCUT2D eigenvalue weighted by atomic mass is 35.5. The number of nitrogens with zero attached hydrogens (tertiary/aromatic N) is 1. The molecule has 0 saturated carbocycles. The Morgan fingerprint density at radius 1 is 1.38 bits per heavy atom. The van der Waals surface area contributed by atoms with E-state index in [9.17, 15) is 13.2 Å². The van der Waals surface area contributed by atoms with Crippen LogP contribution in [0, 0.1) is 18.8 Å². The molecule has 1 aromatic rings. The van der Waals surface area contributed by atoms with Crippen LogP contribution in [0.2, 0.25) is 0 Å². The Morgan fingerprint density at radius 2 is 2.08 bits per heavy atom. The van der Waals surface area contributed by atoms with Crippen LogP contribution in [0.1, 0.15) is 18.9 Å². The second-order valence-corrected chi connectivity index (χ2v) is 8.45. The Hall–Kier alpha value is -1.31. The summed E-state index contributed by atoms with van der Waals surface area (Å²) in [5.41, 5.74) is 2.21. The first-order valence-corrected chi connectivity index (χ1v) is 9.62. The van der Waals surface area contributed by atoms with Gasteiger partial charge in [-0.1, -0.05) is 13.0 Å². The largest absolute Gasteiger partial charge is 0.326 e. The molecule has 1 amide bonds. The van der Waals surface area contributed by atoms with Gasteiger partial charge in [-0.15, -0.1) is 12.4 Å². The summed E-state index contributed by atoms with van der Waals surface area (Å²) in [5.74, 6) is 0.486. The van der Waals surface area contributed by atoms with Crippen molar-refractivity contribution in [3.8, 4) is 0 Å². The molecule has 3 rings (SSSR count). The smallest absolute Gasteiger partial charge is 0.235 e. The first-order valence-electron chi connectivity index (χ1n) is 8.01. The third-order valence-corrected chi connectivity index (χ3v) is 6.63. The summed E-state index contributed by atoms with van der Waals surface area (Å²) in [6.45, 7) is 6.07. The van der Waals surface area contributed by atoms with Crippen LogP contribution in [0.5, 0.6) is 0 Å². The van der Waals surface area contributed by atoms with Gasteiger partial charge in [-0.05, 0) is 50.0 Å². The third kappa shape index (κ3) is 3.68. The highest BCUT2D eigenvalue weighted by molar-refractivity contribution is 7.93. The molecule has 2 heterocycles. The van der Waals surface area contributed by atoms with Gasteiger partial charge in [0.2, 0.25) is 15.9 Å². The van der Waals surface area contributed by atoms with Crippen molar-refractivity contribution >= 4 is 39.7 Å². The summed E-state index contributed by atoms with van der Waals surface area (Å²) in [6.07, 6.45) is 0.643. The van der Waals surface area contributed by atoms with E-state index in [0.29, 0.717) is 30.3 Å². The van der Waals surface area contributed by atoms with Crippen LogP contribution < -0.4 is 14.9 Å². The molecule has 0 bridgehead atoms. The Morgan fingerprint density at radius 3 is 2.62 bits per heavy atom. The summed E-state index contributed by atoms with van der Waals surface area (Å²) in [7, 11) is -3.22. The van der Waals surface area contributed by atoms with Gasteiger partial charge in [-0.25, -0.2) is 8.42 Å². The highest BCUT2D eigenvalue weighted by Crippen LogP contribution is 2.30. The number of aryl methyl sites for hydroxylation is 1. The summed E-state index contributed by atoms with van der Waals surface area (Å²) in [6, 6.07) is 5.45. The molecule has 24 heavy (non-hydrogen) atoms. The van der Waals surface area contributed by atoms with Crippen LogP contribution >= 0.6 is 12.4 Å². The highest BCUT2D eigenvalue weighted by Gasteiger charge is 2.31. The van der Waals surface area contributed by atoms with Gasteiger partial charge in [0.15, 0.2) is 0 Å². The molecule has 2 N–H and O–H groups in total. The summed E-state index contributed by atoms with van der Waals surface area (Å²) in [5, 5.41) is 6.09. The van der Waals surface area contributed by atoms with Gasteiger partial charge < -0.3 is 10.6 Å². The van der Waals surface area contributed by atoms with Crippen LogP contribution in [0.3, 0.4) is 0 Å². The minimum atomic E-state index is -3.22. The van der Waals surface area contributed by atoms with E-state index in [4.69, 9.17) is 0 Å². The fourth-order valence-electron chi connectivity index (χ4n) is 3.00. The fourth-order valence-corrected chi connectivity index (χ4v) is 4.62. The number of rotatable bonds is 4. The molecule has 2 fully saturated rings. The van der Waals surface area contributed by atoms with Gasteiger partial charge in [0.05, 0.1) is 11.4 Å². The lowest BCUT2D eigenvalue weighted by molar-refractivity contribution is -0.121. The van der Waals surface area contributed by atoms with E-state index in [2.05, 4.69) is 10.6 Å². The molecule has 0 radical (unpaired) electrons. The van der Waals surface area contributed by atoms with Crippen molar-refractivity contribution in [1.29, 1.82) is 0 Å². The van der Waals surface area contributed by atoms with Crippen molar-refractivity contribution < 1.29 is 13.2 Å². The number of sulfonamides is 1. The zero-order chi connectivity index (χ0) is 16.6. The van der Waals surface area contributed by atoms with E-state index in [-0.39, 0.29) is 30.0 Å². The molecule has 2 aliphatic heterocycles. The Balaban J connectivity index is 0.00000208. The zero-order valence-corrected chi connectivity index (χ0v) is 15.5. The van der Waals surface area contributed by atoms with Gasteiger partial charge in [-0.2, -0.15) is 0 Å². The van der Waals surface area contributed by atoms with Crippen LogP contribution in [0.25, 0.3) is 0 Å². The second kappa shape index (κ2) is 7.29. The SMILES string of the molecule is Cc1ccc(NC(=O)C(C)C2CNC2)cc1N1CCCS1(=O)=O.Cl. The first kappa shape index (κ1) is 19.0. The van der Waals surface area contributed by atoms with Gasteiger partial charge >= 0.3 is 0 Å². The number of carbonyl (C=O) groups is 1. The maximum absolute atomic E-state index is 12.3. The van der Waals surface area contributed by atoms with Crippen molar-refractivity contribution in [2.75, 3.05) is 35.0 Å². The quantitative estimate of drug-likeness (QED) is 0.842. The topological polar surface area (TPSA) is 78.5 Å². The molecular weight excluding hydrogens is 350 g/mol. The maximum atomic E-state index is 12.3. The molecule has 1 aromatic carbocycles. The Kier molecular flexibility index (Phi) is 5.78. The number of anilines is 2. The minimum Gasteiger partial charge on any atom is -0.326 e. The number of nitrogens with one attached hydrogen (secondary N) is 2. The van der Waals surface area contributed by atoms with E-state index >= 15 is 0 Å². The lowest BCUT2D eigenvalue weighted by Gasteiger charge is -2.31. The van der Waals surface area contributed by atoms with Gasteiger partial charge in [0.1, 0.15) is 0 Å². The lowest BCUT2D eigenvalue weighted by atomic mass is 9.88. The average Bonchev–Trinajstić information content (AvgIpc) is 2.78. The second-order valence-electron chi connectivity index (χ2n) is 6.44. The maximum Gasteiger partial charge on any atom is 0.235 e. The fraction of sp³-hybridized carbons (Fsp3) is 0.562. The normalized spacial score (nSPS) is 20.8. The number of amides is 1. The lowest BCUT2D eigenvalue weighted by Crippen LogP contribution is -2.48. The number of halogens is 1. The predicted octanol–water partition coefficient (Wildman–Crippen LogP) is 1.75. The molecule has 2 aliphatic rings. The van der Waals surface area contributed by atoms with Crippen LogP contribution in [-0.4, -0.2) is 39.7 Å². The Labute approximate surface area is 149 Å². The number of benzene rings is 1. The van der Waals surface area contributed by atoms with Crippen molar-refractivity contribution in [2.45, 2.75) is 20.3 Å².